The topological polar surface area (TPSA) is 76.7 Å². The van der Waals surface area contributed by atoms with Crippen LogP contribution in [0.15, 0.2) is 42.5 Å². The molecule has 2 aliphatic rings. The number of hydrogen-bond acceptors (Lipinski definition) is 4. The molecule has 1 aliphatic carbocycles. The second-order valence-electron chi connectivity index (χ2n) is 6.33. The summed E-state index contributed by atoms with van der Waals surface area (Å²) in [6.07, 6.45) is 0.841. The lowest BCUT2D eigenvalue weighted by Crippen LogP contribution is -2.35. The van der Waals surface area contributed by atoms with Crippen molar-refractivity contribution in [3.05, 3.63) is 48.3 Å². The van der Waals surface area contributed by atoms with Crippen LogP contribution in [0, 0.1) is 11.2 Å². The zero-order valence-electron chi connectivity index (χ0n) is 13.9. The highest BCUT2D eigenvalue weighted by molar-refractivity contribution is 6.17. The molecule has 2 amide bonds. The first kappa shape index (κ1) is 16.4. The van der Waals surface area contributed by atoms with Crippen LogP contribution in [0.2, 0.25) is 0 Å². The highest BCUT2D eigenvalue weighted by atomic mass is 19.1. The van der Waals surface area contributed by atoms with Gasteiger partial charge in [-0.15, -0.1) is 0 Å². The summed E-state index contributed by atoms with van der Waals surface area (Å²) in [6.45, 7) is 0.928. The van der Waals surface area contributed by atoms with Gasteiger partial charge in [-0.1, -0.05) is 12.1 Å². The molecule has 2 aromatic rings. The summed E-state index contributed by atoms with van der Waals surface area (Å²) >= 11 is 0. The maximum Gasteiger partial charge on any atom is 0.240 e. The maximum absolute atomic E-state index is 13.7. The van der Waals surface area contributed by atoms with Crippen molar-refractivity contribution in [1.29, 1.82) is 0 Å². The number of halogens is 1. The van der Waals surface area contributed by atoms with E-state index in [0.717, 1.165) is 0 Å². The fourth-order valence-electron chi connectivity index (χ4n) is 2.86. The molecule has 2 N–H and O–H groups in total. The van der Waals surface area contributed by atoms with Gasteiger partial charge in [0.1, 0.15) is 24.4 Å². The normalized spacial score (nSPS) is 16.5. The average Bonchev–Trinajstić information content (AvgIpc) is 3.46. The summed E-state index contributed by atoms with van der Waals surface area (Å²) < 4.78 is 24.7. The predicted octanol–water partition coefficient (Wildman–Crippen LogP) is 2.95. The number of para-hydroxylation sites is 1. The van der Waals surface area contributed by atoms with Gasteiger partial charge in [0, 0.05) is 11.8 Å². The molecule has 134 valence electrons. The predicted molar refractivity (Wildman–Crippen MR) is 92.8 cm³/mol. The second kappa shape index (κ2) is 6.33. The number of anilines is 2. The van der Waals surface area contributed by atoms with E-state index in [0.29, 0.717) is 43.2 Å². The van der Waals surface area contributed by atoms with E-state index in [9.17, 15) is 14.0 Å². The molecule has 1 fully saturated rings. The summed E-state index contributed by atoms with van der Waals surface area (Å²) in [7, 11) is 0. The fraction of sp³-hybridized carbons (Fsp3) is 0.263. The Bertz CT molecular complexity index is 880. The minimum Gasteiger partial charge on any atom is -0.486 e. The molecule has 7 heteroatoms. The van der Waals surface area contributed by atoms with Crippen molar-refractivity contribution >= 4 is 23.2 Å². The van der Waals surface area contributed by atoms with Crippen LogP contribution in [0.5, 0.6) is 11.5 Å². The number of rotatable bonds is 4. The van der Waals surface area contributed by atoms with E-state index in [-0.39, 0.29) is 5.69 Å². The molecule has 0 spiro atoms. The highest BCUT2D eigenvalue weighted by Gasteiger charge is 2.56. The van der Waals surface area contributed by atoms with Crippen molar-refractivity contribution in [2.45, 2.75) is 12.8 Å². The number of nitrogens with one attached hydrogen (secondary N) is 2. The van der Waals surface area contributed by atoms with Crippen molar-refractivity contribution < 1.29 is 23.5 Å². The second-order valence-corrected chi connectivity index (χ2v) is 6.33. The molecule has 1 saturated carbocycles. The van der Waals surface area contributed by atoms with E-state index in [1.165, 1.54) is 18.2 Å². The third-order valence-electron chi connectivity index (χ3n) is 4.54. The van der Waals surface area contributed by atoms with Crippen LogP contribution in [0.4, 0.5) is 15.8 Å². The number of fused-ring (bicyclic) bond motifs is 1. The van der Waals surface area contributed by atoms with E-state index in [4.69, 9.17) is 9.47 Å². The largest absolute Gasteiger partial charge is 0.486 e. The molecule has 26 heavy (non-hydrogen) atoms. The van der Waals surface area contributed by atoms with E-state index in [1.54, 1.807) is 24.3 Å². The van der Waals surface area contributed by atoms with Crippen LogP contribution in [0.3, 0.4) is 0 Å². The molecule has 1 aliphatic heterocycles. The van der Waals surface area contributed by atoms with Crippen LogP contribution in [0.1, 0.15) is 12.8 Å². The van der Waals surface area contributed by atoms with Gasteiger partial charge in [0.05, 0.1) is 5.69 Å². The van der Waals surface area contributed by atoms with Crippen molar-refractivity contribution in [1.82, 2.24) is 0 Å². The lowest BCUT2D eigenvalue weighted by molar-refractivity contribution is -0.131. The molecule has 0 bridgehead atoms. The number of carbonyl (C=O) groups is 2. The van der Waals surface area contributed by atoms with Crippen molar-refractivity contribution in [3.8, 4) is 11.5 Å². The Morgan fingerprint density at radius 3 is 2.35 bits per heavy atom. The molecule has 2 aromatic carbocycles. The Balaban J connectivity index is 1.47. The summed E-state index contributed by atoms with van der Waals surface area (Å²) in [5.41, 5.74) is -0.588. The average molecular weight is 356 g/mol. The lowest BCUT2D eigenvalue weighted by atomic mass is 10.0. The Labute approximate surface area is 149 Å². The summed E-state index contributed by atoms with van der Waals surface area (Å²) in [4.78, 5) is 25.2. The first-order valence-electron chi connectivity index (χ1n) is 8.36. The van der Waals surface area contributed by atoms with Gasteiger partial charge < -0.3 is 20.1 Å². The first-order valence-corrected chi connectivity index (χ1v) is 8.36. The first-order chi connectivity index (χ1) is 12.6. The SMILES string of the molecule is O=C(Nc1ccc2c(c1)OCCO2)C1(C(=O)Nc2ccccc2F)CC1. The summed E-state index contributed by atoms with van der Waals surface area (Å²) in [6, 6.07) is 10.9. The summed E-state index contributed by atoms with van der Waals surface area (Å²) in [5, 5.41) is 5.26. The smallest absolute Gasteiger partial charge is 0.240 e. The molecular formula is C19H17FN2O4. The molecule has 0 unspecified atom stereocenters. The standard InChI is InChI=1S/C19H17FN2O4/c20-13-3-1-2-4-14(13)22-18(24)19(7-8-19)17(23)21-12-5-6-15-16(11-12)26-10-9-25-15/h1-6,11H,7-10H2,(H,21,23)(H,22,24). The molecule has 4 rings (SSSR count). The van der Waals surface area contributed by atoms with Crippen LogP contribution in [0.25, 0.3) is 0 Å². The van der Waals surface area contributed by atoms with E-state index in [1.807, 2.05) is 0 Å². The molecule has 0 atom stereocenters. The van der Waals surface area contributed by atoms with Gasteiger partial charge in [-0.3, -0.25) is 9.59 Å². The van der Waals surface area contributed by atoms with Gasteiger partial charge in [-0.05, 0) is 37.1 Å². The van der Waals surface area contributed by atoms with Gasteiger partial charge in [0.25, 0.3) is 0 Å². The van der Waals surface area contributed by atoms with Gasteiger partial charge >= 0.3 is 0 Å². The van der Waals surface area contributed by atoms with E-state index < -0.39 is 23.0 Å². The molecule has 6 nitrogen and oxygen atoms in total. The van der Waals surface area contributed by atoms with Gasteiger partial charge in [0.2, 0.25) is 11.8 Å². The van der Waals surface area contributed by atoms with Gasteiger partial charge in [-0.25, -0.2) is 4.39 Å². The third-order valence-corrected chi connectivity index (χ3v) is 4.54. The lowest BCUT2D eigenvalue weighted by Gasteiger charge is -2.20. The van der Waals surface area contributed by atoms with Crippen molar-refractivity contribution in [2.24, 2.45) is 5.41 Å². The third kappa shape index (κ3) is 2.96. The van der Waals surface area contributed by atoms with E-state index in [2.05, 4.69) is 10.6 Å². The fourth-order valence-corrected chi connectivity index (χ4v) is 2.86. The zero-order valence-corrected chi connectivity index (χ0v) is 13.9. The van der Waals surface area contributed by atoms with Crippen molar-refractivity contribution in [3.63, 3.8) is 0 Å². The minimum absolute atomic E-state index is 0.0657. The van der Waals surface area contributed by atoms with Gasteiger partial charge in [-0.2, -0.15) is 0 Å². The highest BCUT2D eigenvalue weighted by Crippen LogP contribution is 2.48. The number of benzene rings is 2. The number of ether oxygens (including phenoxy) is 2. The molecule has 0 aromatic heterocycles. The number of amides is 2. The Morgan fingerprint density at radius 2 is 1.62 bits per heavy atom. The number of hydrogen-bond donors (Lipinski definition) is 2. The Kier molecular flexibility index (Phi) is 3.99. The Morgan fingerprint density at radius 1 is 0.923 bits per heavy atom. The minimum atomic E-state index is -1.17. The molecule has 1 heterocycles. The molecule has 0 radical (unpaired) electrons. The summed E-state index contributed by atoms with van der Waals surface area (Å²) in [5.74, 6) is -0.285. The van der Waals surface area contributed by atoms with E-state index >= 15 is 0 Å². The molecule has 0 saturated heterocycles. The monoisotopic (exact) mass is 356 g/mol. The molecular weight excluding hydrogens is 339 g/mol. The van der Waals surface area contributed by atoms with Crippen LogP contribution in [-0.2, 0) is 9.59 Å². The van der Waals surface area contributed by atoms with Crippen molar-refractivity contribution in [2.75, 3.05) is 23.8 Å². The maximum atomic E-state index is 13.7. The van der Waals surface area contributed by atoms with Gasteiger partial charge in [0.15, 0.2) is 11.5 Å². The van der Waals surface area contributed by atoms with Crippen LogP contribution >= 0.6 is 0 Å². The quantitative estimate of drug-likeness (QED) is 0.826. The zero-order chi connectivity index (χ0) is 18.1. The van der Waals surface area contributed by atoms with Crippen LogP contribution in [-0.4, -0.2) is 25.0 Å². The Hall–Kier alpha value is -3.09. The van der Waals surface area contributed by atoms with Crippen LogP contribution < -0.4 is 20.1 Å². The number of carbonyl (C=O) groups excluding carboxylic acids is 2.